The maximum absolute atomic E-state index is 13.2. The third-order valence-electron chi connectivity index (χ3n) is 6.06. The van der Waals surface area contributed by atoms with Gasteiger partial charge in [-0.05, 0) is 55.0 Å². The van der Waals surface area contributed by atoms with E-state index in [0.717, 1.165) is 28.9 Å². The first-order valence-electron chi connectivity index (χ1n) is 10.2. The second-order valence-corrected chi connectivity index (χ2v) is 11.1. The minimum atomic E-state index is -3.63. The number of hydrogen-bond acceptors (Lipinski definition) is 6. The van der Waals surface area contributed by atoms with Gasteiger partial charge in [0, 0.05) is 31.1 Å². The molecule has 0 radical (unpaired) electrons. The smallest absolute Gasteiger partial charge is 0.243 e. The maximum atomic E-state index is 13.2. The molecule has 1 aliphatic heterocycles. The van der Waals surface area contributed by atoms with Crippen molar-refractivity contribution in [1.82, 2.24) is 14.3 Å². The summed E-state index contributed by atoms with van der Waals surface area (Å²) in [6.45, 7) is 4.15. The Morgan fingerprint density at radius 2 is 1.83 bits per heavy atom. The standard InChI is InChI=1S/C21H23FN4O2S2/c1-14-2-7-18-17(12-14)19-20(23-13-24-21(19)29-18)25-8-10-26(11-9-25)30(27,28)16-5-3-15(22)4-6-16/h3-6,13-14H,2,7-12H2,1H3. The highest BCUT2D eigenvalue weighted by atomic mass is 32.2. The van der Waals surface area contributed by atoms with Crippen molar-refractivity contribution in [2.75, 3.05) is 31.1 Å². The van der Waals surface area contributed by atoms with E-state index in [1.54, 1.807) is 17.7 Å². The summed E-state index contributed by atoms with van der Waals surface area (Å²) in [4.78, 5) is 13.9. The van der Waals surface area contributed by atoms with Gasteiger partial charge < -0.3 is 4.90 Å². The Morgan fingerprint density at radius 3 is 2.57 bits per heavy atom. The van der Waals surface area contributed by atoms with Gasteiger partial charge in [0.25, 0.3) is 0 Å². The largest absolute Gasteiger partial charge is 0.353 e. The molecule has 1 saturated heterocycles. The molecule has 5 rings (SSSR count). The summed E-state index contributed by atoms with van der Waals surface area (Å²) in [6, 6.07) is 5.01. The van der Waals surface area contributed by atoms with E-state index in [9.17, 15) is 12.8 Å². The van der Waals surface area contributed by atoms with Crippen LogP contribution in [0.3, 0.4) is 0 Å². The molecule has 1 aliphatic carbocycles. The first kappa shape index (κ1) is 19.8. The van der Waals surface area contributed by atoms with Crippen LogP contribution in [0, 0.1) is 11.7 Å². The zero-order valence-corrected chi connectivity index (χ0v) is 18.3. The second-order valence-electron chi connectivity index (χ2n) is 8.07. The molecule has 2 aromatic heterocycles. The van der Waals surface area contributed by atoms with Gasteiger partial charge in [-0.3, -0.25) is 0 Å². The minimum absolute atomic E-state index is 0.127. The molecule has 158 valence electrons. The van der Waals surface area contributed by atoms with Gasteiger partial charge >= 0.3 is 0 Å². The van der Waals surface area contributed by atoms with Gasteiger partial charge in [0.05, 0.1) is 10.3 Å². The lowest BCUT2D eigenvalue weighted by atomic mass is 9.88. The van der Waals surface area contributed by atoms with Crippen LogP contribution < -0.4 is 4.90 Å². The van der Waals surface area contributed by atoms with E-state index in [2.05, 4.69) is 21.8 Å². The van der Waals surface area contributed by atoms with Gasteiger partial charge in [-0.1, -0.05) is 6.92 Å². The molecule has 0 N–H and O–H groups in total. The Labute approximate surface area is 179 Å². The molecule has 1 atom stereocenters. The molecule has 2 aliphatic rings. The van der Waals surface area contributed by atoms with Crippen LogP contribution in [0.2, 0.25) is 0 Å². The lowest BCUT2D eigenvalue weighted by Crippen LogP contribution is -2.49. The lowest BCUT2D eigenvalue weighted by Gasteiger charge is -2.35. The Morgan fingerprint density at radius 1 is 1.10 bits per heavy atom. The fourth-order valence-corrected chi connectivity index (χ4v) is 7.00. The maximum Gasteiger partial charge on any atom is 0.243 e. The molecule has 6 nitrogen and oxygen atoms in total. The van der Waals surface area contributed by atoms with E-state index in [-0.39, 0.29) is 4.90 Å². The van der Waals surface area contributed by atoms with Crippen LogP contribution in [0.1, 0.15) is 23.8 Å². The molecular formula is C21H23FN4O2S2. The number of halogens is 1. The summed E-state index contributed by atoms with van der Waals surface area (Å²) in [5, 5.41) is 1.15. The normalized spacial score (nSPS) is 20.5. The number of piperazine rings is 1. The highest BCUT2D eigenvalue weighted by Crippen LogP contribution is 2.40. The Balaban J connectivity index is 1.40. The van der Waals surface area contributed by atoms with Crippen molar-refractivity contribution < 1.29 is 12.8 Å². The molecule has 3 heterocycles. The Kier molecular flexibility index (Phi) is 4.99. The highest BCUT2D eigenvalue weighted by molar-refractivity contribution is 7.89. The monoisotopic (exact) mass is 446 g/mol. The number of hydrogen-bond donors (Lipinski definition) is 0. The van der Waals surface area contributed by atoms with Crippen molar-refractivity contribution in [2.45, 2.75) is 31.1 Å². The molecule has 0 amide bonds. The van der Waals surface area contributed by atoms with Crippen LogP contribution in [-0.2, 0) is 22.9 Å². The zero-order chi connectivity index (χ0) is 20.9. The van der Waals surface area contributed by atoms with Gasteiger partial charge in [-0.2, -0.15) is 4.31 Å². The lowest BCUT2D eigenvalue weighted by molar-refractivity contribution is 0.384. The summed E-state index contributed by atoms with van der Waals surface area (Å²) < 4.78 is 40.5. The van der Waals surface area contributed by atoms with Crippen LogP contribution in [0.25, 0.3) is 10.2 Å². The predicted octanol–water partition coefficient (Wildman–Crippen LogP) is 3.47. The third kappa shape index (κ3) is 3.38. The molecule has 1 unspecified atom stereocenters. The zero-order valence-electron chi connectivity index (χ0n) is 16.7. The number of rotatable bonds is 3. The topological polar surface area (TPSA) is 66.4 Å². The first-order chi connectivity index (χ1) is 14.4. The van der Waals surface area contributed by atoms with Crippen LogP contribution in [0.5, 0.6) is 0 Å². The molecule has 1 aromatic carbocycles. The molecule has 0 spiro atoms. The molecular weight excluding hydrogens is 423 g/mol. The Bertz CT molecular complexity index is 1190. The van der Waals surface area contributed by atoms with Crippen molar-refractivity contribution >= 4 is 37.4 Å². The van der Waals surface area contributed by atoms with Crippen LogP contribution in [0.15, 0.2) is 35.5 Å². The summed E-state index contributed by atoms with van der Waals surface area (Å²) in [5.74, 6) is 1.13. The number of anilines is 1. The molecule has 30 heavy (non-hydrogen) atoms. The van der Waals surface area contributed by atoms with Crippen molar-refractivity contribution in [3.8, 4) is 0 Å². The van der Waals surface area contributed by atoms with E-state index in [1.165, 1.54) is 45.4 Å². The average molecular weight is 447 g/mol. The van der Waals surface area contributed by atoms with Gasteiger partial charge in [-0.15, -0.1) is 11.3 Å². The summed E-state index contributed by atoms with van der Waals surface area (Å²) in [5.41, 5.74) is 1.38. The summed E-state index contributed by atoms with van der Waals surface area (Å²) in [6.07, 6.45) is 4.97. The fourth-order valence-electron chi connectivity index (χ4n) is 4.40. The van der Waals surface area contributed by atoms with E-state index in [1.807, 2.05) is 0 Å². The SMILES string of the molecule is CC1CCc2sc3ncnc(N4CCN(S(=O)(=O)c5ccc(F)cc5)CC4)c3c2C1. The number of fused-ring (bicyclic) bond motifs is 3. The average Bonchev–Trinajstić information content (AvgIpc) is 3.12. The van der Waals surface area contributed by atoms with E-state index in [0.29, 0.717) is 32.1 Å². The first-order valence-corrected chi connectivity index (χ1v) is 12.4. The number of benzene rings is 1. The predicted molar refractivity (Wildman–Crippen MR) is 116 cm³/mol. The molecule has 0 bridgehead atoms. The molecule has 0 saturated carbocycles. The molecule has 9 heteroatoms. The van der Waals surface area contributed by atoms with Crippen LogP contribution in [0.4, 0.5) is 10.2 Å². The van der Waals surface area contributed by atoms with Crippen molar-refractivity contribution in [1.29, 1.82) is 0 Å². The molecule has 3 aromatic rings. The van der Waals surface area contributed by atoms with Gasteiger partial charge in [-0.25, -0.2) is 22.8 Å². The van der Waals surface area contributed by atoms with Crippen molar-refractivity contribution in [3.05, 3.63) is 46.9 Å². The quantitative estimate of drug-likeness (QED) is 0.616. The van der Waals surface area contributed by atoms with E-state index < -0.39 is 15.8 Å². The van der Waals surface area contributed by atoms with Gasteiger partial charge in [0.2, 0.25) is 10.0 Å². The van der Waals surface area contributed by atoms with Crippen molar-refractivity contribution in [3.63, 3.8) is 0 Å². The summed E-state index contributed by atoms with van der Waals surface area (Å²) in [7, 11) is -3.63. The van der Waals surface area contributed by atoms with Crippen LogP contribution >= 0.6 is 11.3 Å². The van der Waals surface area contributed by atoms with E-state index >= 15 is 0 Å². The number of sulfonamides is 1. The third-order valence-corrected chi connectivity index (χ3v) is 9.17. The second kappa shape index (κ2) is 7.55. The number of nitrogens with zero attached hydrogens (tertiary/aromatic N) is 4. The van der Waals surface area contributed by atoms with E-state index in [4.69, 9.17) is 0 Å². The Hall–Kier alpha value is -2.10. The van der Waals surface area contributed by atoms with Crippen LogP contribution in [-0.4, -0.2) is 48.9 Å². The fraction of sp³-hybridized carbons (Fsp3) is 0.429. The number of aryl methyl sites for hydroxylation is 1. The molecule has 1 fully saturated rings. The highest BCUT2D eigenvalue weighted by Gasteiger charge is 2.31. The number of thiophene rings is 1. The summed E-state index contributed by atoms with van der Waals surface area (Å²) >= 11 is 1.77. The van der Waals surface area contributed by atoms with Gasteiger partial charge in [0.15, 0.2) is 0 Å². The number of aromatic nitrogens is 2. The minimum Gasteiger partial charge on any atom is -0.353 e. The van der Waals surface area contributed by atoms with Gasteiger partial charge in [0.1, 0.15) is 22.8 Å². The van der Waals surface area contributed by atoms with Crippen molar-refractivity contribution in [2.24, 2.45) is 5.92 Å².